The van der Waals surface area contributed by atoms with Crippen LogP contribution in [0.4, 0.5) is 5.88 Å². The molecule has 0 fully saturated rings. The van der Waals surface area contributed by atoms with Crippen molar-refractivity contribution in [2.75, 3.05) is 0 Å². The van der Waals surface area contributed by atoms with Crippen LogP contribution in [0.1, 0.15) is 12.5 Å². The zero-order valence-corrected chi connectivity index (χ0v) is 6.03. The highest BCUT2D eigenvalue weighted by molar-refractivity contribution is 5.96. The van der Waals surface area contributed by atoms with Gasteiger partial charge < -0.3 is 4.42 Å². The fourth-order valence-corrected chi connectivity index (χ4v) is 0.954. The molecule has 0 saturated heterocycles. The maximum atomic E-state index is 5.09. The van der Waals surface area contributed by atoms with Crippen molar-refractivity contribution in [3.8, 4) is 0 Å². The zero-order chi connectivity index (χ0) is 7.68. The Morgan fingerprint density at radius 1 is 1.55 bits per heavy atom. The van der Waals surface area contributed by atoms with Crippen molar-refractivity contribution >= 4 is 23.7 Å². The number of rotatable bonds is 0. The molecule has 0 radical (unpaired) electrons. The average molecular weight is 146 g/mol. The normalized spacial score (nSPS) is 14.1. The van der Waals surface area contributed by atoms with E-state index < -0.39 is 0 Å². The van der Waals surface area contributed by atoms with Gasteiger partial charge in [0.25, 0.3) is 0 Å². The third kappa shape index (κ3) is 0.914. The van der Waals surface area contributed by atoms with Gasteiger partial charge in [-0.25, -0.2) is 4.99 Å². The predicted molar refractivity (Wildman–Crippen MR) is 43.4 cm³/mol. The van der Waals surface area contributed by atoms with Gasteiger partial charge in [-0.15, -0.1) is 0 Å². The van der Waals surface area contributed by atoms with Gasteiger partial charge in [-0.2, -0.15) is 4.99 Å². The molecule has 1 aliphatic heterocycles. The van der Waals surface area contributed by atoms with Crippen LogP contribution in [0.15, 0.2) is 26.7 Å². The Morgan fingerprint density at radius 3 is 3.36 bits per heavy atom. The lowest BCUT2D eigenvalue weighted by molar-refractivity contribution is 0.577. The molecule has 2 heterocycles. The van der Waals surface area contributed by atoms with Crippen LogP contribution in [0.3, 0.4) is 0 Å². The quantitative estimate of drug-likeness (QED) is 0.551. The van der Waals surface area contributed by atoms with Crippen LogP contribution < -0.4 is 0 Å². The fraction of sp³-hybridized carbons (Fsp3) is 0.125. The lowest BCUT2D eigenvalue weighted by Crippen LogP contribution is -1.72. The first kappa shape index (κ1) is 6.13. The smallest absolute Gasteiger partial charge is 0.228 e. The molecule has 3 heteroatoms. The van der Waals surface area contributed by atoms with E-state index in [9.17, 15) is 0 Å². The van der Waals surface area contributed by atoms with Crippen molar-refractivity contribution in [1.29, 1.82) is 0 Å². The monoisotopic (exact) mass is 146 g/mol. The number of hydrogen-bond donors (Lipinski definition) is 0. The third-order valence-corrected chi connectivity index (χ3v) is 1.51. The molecule has 0 aromatic carbocycles. The number of aliphatic imine (C=N–C) groups is 2. The Labute approximate surface area is 63.8 Å². The van der Waals surface area contributed by atoms with Gasteiger partial charge in [0.2, 0.25) is 5.88 Å². The van der Waals surface area contributed by atoms with E-state index >= 15 is 0 Å². The largest absolute Gasteiger partial charge is 0.446 e. The van der Waals surface area contributed by atoms with Gasteiger partial charge in [0, 0.05) is 5.57 Å². The molecule has 0 amide bonds. The molecule has 11 heavy (non-hydrogen) atoms. The second-order valence-electron chi connectivity index (χ2n) is 2.25. The fourth-order valence-electron chi connectivity index (χ4n) is 0.954. The van der Waals surface area contributed by atoms with Gasteiger partial charge in [-0.3, -0.25) is 0 Å². The van der Waals surface area contributed by atoms with Gasteiger partial charge in [0.1, 0.15) is 6.34 Å². The molecule has 0 unspecified atom stereocenters. The van der Waals surface area contributed by atoms with Crippen LogP contribution in [-0.4, -0.2) is 12.2 Å². The summed E-state index contributed by atoms with van der Waals surface area (Å²) < 4.78 is 5.09. The molecule has 1 aromatic rings. The van der Waals surface area contributed by atoms with Gasteiger partial charge in [0.15, 0.2) is 0 Å². The molecular formula is C8H6N2O. The highest BCUT2D eigenvalue weighted by atomic mass is 16.3. The summed E-state index contributed by atoms with van der Waals surface area (Å²) in [4.78, 5) is 7.76. The van der Waals surface area contributed by atoms with Gasteiger partial charge in [-0.05, 0) is 18.9 Å². The van der Waals surface area contributed by atoms with Crippen LogP contribution in [0, 0.1) is 0 Å². The summed E-state index contributed by atoms with van der Waals surface area (Å²) in [5, 5.41) is 0. The lowest BCUT2D eigenvalue weighted by Gasteiger charge is -1.89. The molecule has 0 saturated carbocycles. The van der Waals surface area contributed by atoms with E-state index in [0.717, 1.165) is 11.1 Å². The van der Waals surface area contributed by atoms with E-state index in [2.05, 4.69) is 15.9 Å². The zero-order valence-electron chi connectivity index (χ0n) is 6.03. The van der Waals surface area contributed by atoms with Crippen molar-refractivity contribution in [1.82, 2.24) is 0 Å². The number of furan rings is 1. The highest BCUT2D eigenvalue weighted by Gasteiger charge is 2.06. The topological polar surface area (TPSA) is 37.9 Å². The molecule has 0 spiro atoms. The summed E-state index contributed by atoms with van der Waals surface area (Å²) >= 11 is 0. The Balaban J connectivity index is 2.71. The van der Waals surface area contributed by atoms with Crippen LogP contribution in [-0.2, 0) is 0 Å². The van der Waals surface area contributed by atoms with E-state index in [-0.39, 0.29) is 0 Å². The standard InChI is InChI=1S/C8H6N2O/c1-6-4-9-5-10-8-7(6)2-3-11-8/h2-3,5H,1H3. The van der Waals surface area contributed by atoms with E-state index in [1.807, 2.05) is 13.0 Å². The molecule has 0 N–H and O–H groups in total. The van der Waals surface area contributed by atoms with Crippen molar-refractivity contribution in [3.05, 3.63) is 17.9 Å². The van der Waals surface area contributed by atoms with E-state index in [0.29, 0.717) is 5.88 Å². The van der Waals surface area contributed by atoms with E-state index in [1.54, 1.807) is 6.26 Å². The lowest BCUT2D eigenvalue weighted by atomic mass is 10.2. The summed E-state index contributed by atoms with van der Waals surface area (Å²) in [6.07, 6.45) is 3.04. The molecule has 3 nitrogen and oxygen atoms in total. The van der Waals surface area contributed by atoms with E-state index in [4.69, 9.17) is 4.42 Å². The second-order valence-corrected chi connectivity index (χ2v) is 2.25. The first-order valence-corrected chi connectivity index (χ1v) is 3.28. The maximum absolute atomic E-state index is 5.09. The van der Waals surface area contributed by atoms with Crippen molar-refractivity contribution in [3.63, 3.8) is 0 Å². The molecule has 1 aromatic heterocycles. The SMILES string of the molecule is CC1=C=NC=Nc2occc21. The summed E-state index contributed by atoms with van der Waals surface area (Å²) in [6, 6.07) is 1.86. The average Bonchev–Trinajstić information content (AvgIpc) is 2.40. The minimum Gasteiger partial charge on any atom is -0.446 e. The predicted octanol–water partition coefficient (Wildman–Crippen LogP) is 2.03. The first-order valence-electron chi connectivity index (χ1n) is 3.28. The molecule has 0 aliphatic carbocycles. The second kappa shape index (κ2) is 2.22. The van der Waals surface area contributed by atoms with Gasteiger partial charge in [-0.1, -0.05) is 0 Å². The van der Waals surface area contributed by atoms with Gasteiger partial charge >= 0.3 is 0 Å². The van der Waals surface area contributed by atoms with Gasteiger partial charge in [0.05, 0.1) is 11.8 Å². The van der Waals surface area contributed by atoms with Crippen LogP contribution in [0.5, 0.6) is 0 Å². The van der Waals surface area contributed by atoms with E-state index in [1.165, 1.54) is 6.34 Å². The highest BCUT2D eigenvalue weighted by Crippen LogP contribution is 2.26. The molecule has 0 atom stereocenters. The van der Waals surface area contributed by atoms with Crippen molar-refractivity contribution < 1.29 is 4.42 Å². The minimum absolute atomic E-state index is 0.608. The first-order chi connectivity index (χ1) is 5.38. The number of hydrogen-bond acceptors (Lipinski definition) is 3. The Morgan fingerprint density at radius 2 is 2.45 bits per heavy atom. The number of nitrogens with zero attached hydrogens (tertiary/aromatic N) is 2. The molecule has 54 valence electrons. The molecule has 0 bridgehead atoms. The molecular weight excluding hydrogens is 140 g/mol. The summed E-state index contributed by atoms with van der Waals surface area (Å²) in [5.74, 6) is 3.43. The molecule has 2 rings (SSSR count). The van der Waals surface area contributed by atoms with Crippen LogP contribution in [0.2, 0.25) is 0 Å². The van der Waals surface area contributed by atoms with Crippen LogP contribution in [0.25, 0.3) is 5.57 Å². The van der Waals surface area contributed by atoms with Crippen molar-refractivity contribution in [2.45, 2.75) is 6.92 Å². The Bertz CT molecular complexity index is 367. The Kier molecular flexibility index (Phi) is 1.24. The summed E-state index contributed by atoms with van der Waals surface area (Å²) in [6.45, 7) is 1.92. The summed E-state index contributed by atoms with van der Waals surface area (Å²) in [5.41, 5.74) is 1.91. The minimum atomic E-state index is 0.608. The molecule has 1 aliphatic rings. The van der Waals surface area contributed by atoms with Crippen molar-refractivity contribution in [2.24, 2.45) is 9.98 Å². The number of fused-ring (bicyclic) bond motifs is 1. The third-order valence-electron chi connectivity index (χ3n) is 1.51. The maximum Gasteiger partial charge on any atom is 0.228 e. The number of allylic oxidation sites excluding steroid dienone is 1. The summed E-state index contributed by atoms with van der Waals surface area (Å²) in [7, 11) is 0. The Hall–Kier alpha value is -1.60. The van der Waals surface area contributed by atoms with Crippen LogP contribution >= 0.6 is 0 Å².